The monoisotopic (exact) mass is 418 g/mol. The number of amides is 1. The highest BCUT2D eigenvalue weighted by atomic mass is 35.5. The molecule has 2 saturated heterocycles. The van der Waals surface area contributed by atoms with Gasteiger partial charge in [0.2, 0.25) is 5.91 Å². The maximum atomic E-state index is 12.8. The molecule has 0 aromatic carbocycles. The van der Waals surface area contributed by atoms with E-state index in [-0.39, 0.29) is 16.8 Å². The summed E-state index contributed by atoms with van der Waals surface area (Å²) in [6.45, 7) is 2.69. The Morgan fingerprint density at radius 3 is 2.25 bits per heavy atom. The average Bonchev–Trinajstić information content (AvgIpc) is 2.67. The van der Waals surface area contributed by atoms with Crippen molar-refractivity contribution in [2.45, 2.75) is 37.9 Å². The Labute approximate surface area is 168 Å². The van der Waals surface area contributed by atoms with Crippen LogP contribution in [0.4, 0.5) is 19.0 Å². The summed E-state index contributed by atoms with van der Waals surface area (Å²) in [5.41, 5.74) is -0.854. The van der Waals surface area contributed by atoms with Gasteiger partial charge in [0.1, 0.15) is 5.82 Å². The van der Waals surface area contributed by atoms with Crippen LogP contribution >= 0.6 is 11.6 Å². The van der Waals surface area contributed by atoms with E-state index in [4.69, 9.17) is 11.6 Å². The van der Waals surface area contributed by atoms with E-state index in [1.54, 1.807) is 0 Å². The molecule has 0 radical (unpaired) electrons. The molecule has 5 nitrogen and oxygen atoms in total. The van der Waals surface area contributed by atoms with E-state index in [0.717, 1.165) is 38.2 Å². The third kappa shape index (κ3) is 4.71. The summed E-state index contributed by atoms with van der Waals surface area (Å²) in [7, 11) is 4.14. The Morgan fingerprint density at radius 1 is 1.14 bits per heavy atom. The summed E-state index contributed by atoms with van der Waals surface area (Å²) >= 11 is 6.05. The Hall–Kier alpha value is -1.54. The fraction of sp³-hybridized carbons (Fsp3) is 0.684. The van der Waals surface area contributed by atoms with Gasteiger partial charge >= 0.3 is 6.18 Å². The van der Waals surface area contributed by atoms with Crippen LogP contribution < -0.4 is 4.90 Å². The average molecular weight is 419 g/mol. The molecular weight excluding hydrogens is 393 g/mol. The molecule has 0 spiro atoms. The standard InChI is InChI=1S/C19H26ClF3N4O/c1-25(2)15-5-9-27(10-6-15)18(28)13-3-7-26(8-4-13)17-16(20)11-14(12-24-17)19(21,22)23/h11-13,15H,3-10H2,1-2H3. The van der Waals surface area contributed by atoms with Gasteiger partial charge in [-0.2, -0.15) is 13.2 Å². The molecule has 3 heterocycles. The number of rotatable bonds is 3. The van der Waals surface area contributed by atoms with Crippen LogP contribution in [0.5, 0.6) is 0 Å². The van der Waals surface area contributed by atoms with Crippen LogP contribution in [0.15, 0.2) is 12.3 Å². The molecule has 1 aromatic heterocycles. The van der Waals surface area contributed by atoms with Crippen LogP contribution in [-0.2, 0) is 11.0 Å². The van der Waals surface area contributed by atoms with Crippen molar-refractivity contribution in [1.29, 1.82) is 0 Å². The summed E-state index contributed by atoms with van der Waals surface area (Å²) in [6.07, 6.45) is -0.357. The lowest BCUT2D eigenvalue weighted by Gasteiger charge is -2.39. The summed E-state index contributed by atoms with van der Waals surface area (Å²) in [5, 5.41) is -0.00893. The first-order valence-corrected chi connectivity index (χ1v) is 9.97. The van der Waals surface area contributed by atoms with Gasteiger partial charge in [-0.1, -0.05) is 11.6 Å². The van der Waals surface area contributed by atoms with Crippen molar-refractivity contribution in [2.24, 2.45) is 5.92 Å². The molecule has 2 fully saturated rings. The molecule has 1 aromatic rings. The number of anilines is 1. The summed E-state index contributed by atoms with van der Waals surface area (Å²) in [6, 6.07) is 1.44. The number of likely N-dealkylation sites (tertiary alicyclic amines) is 1. The fourth-order valence-electron chi connectivity index (χ4n) is 4.02. The Morgan fingerprint density at radius 2 is 1.75 bits per heavy atom. The zero-order chi connectivity index (χ0) is 20.5. The maximum Gasteiger partial charge on any atom is 0.417 e. The first-order chi connectivity index (χ1) is 13.2. The summed E-state index contributed by atoms with van der Waals surface area (Å²) in [4.78, 5) is 22.8. The SMILES string of the molecule is CN(C)C1CCN(C(=O)C2CCN(c3ncc(C(F)(F)F)cc3Cl)CC2)CC1. The molecule has 0 atom stereocenters. The number of nitrogens with zero attached hydrogens (tertiary/aromatic N) is 4. The van der Waals surface area contributed by atoms with Crippen LogP contribution in [0.25, 0.3) is 0 Å². The predicted molar refractivity (Wildman–Crippen MR) is 102 cm³/mol. The highest BCUT2D eigenvalue weighted by Gasteiger charge is 2.34. The minimum absolute atomic E-state index is 0.00893. The summed E-state index contributed by atoms with van der Waals surface area (Å²) < 4.78 is 38.3. The molecule has 9 heteroatoms. The number of pyridine rings is 1. The van der Waals surface area contributed by atoms with Gasteiger partial charge in [0, 0.05) is 44.3 Å². The van der Waals surface area contributed by atoms with Crippen molar-refractivity contribution in [1.82, 2.24) is 14.8 Å². The zero-order valence-electron chi connectivity index (χ0n) is 16.2. The molecule has 0 bridgehead atoms. The normalized spacial score (nSPS) is 20.1. The molecule has 1 amide bonds. The lowest BCUT2D eigenvalue weighted by atomic mass is 9.93. The van der Waals surface area contributed by atoms with Crippen LogP contribution in [0, 0.1) is 5.92 Å². The topological polar surface area (TPSA) is 39.7 Å². The number of alkyl halides is 3. The second kappa shape index (κ2) is 8.45. The van der Waals surface area contributed by atoms with E-state index >= 15 is 0 Å². The van der Waals surface area contributed by atoms with E-state index < -0.39 is 11.7 Å². The molecule has 3 rings (SSSR count). The molecule has 2 aliphatic rings. The summed E-state index contributed by atoms with van der Waals surface area (Å²) in [5.74, 6) is 0.510. The number of aromatic nitrogens is 1. The largest absolute Gasteiger partial charge is 0.417 e. The number of halogens is 4. The number of hydrogen-bond donors (Lipinski definition) is 0. The Balaban J connectivity index is 1.55. The van der Waals surface area contributed by atoms with Crippen molar-refractivity contribution in [3.8, 4) is 0 Å². The van der Waals surface area contributed by atoms with E-state index in [1.165, 1.54) is 0 Å². The highest BCUT2D eigenvalue weighted by Crippen LogP contribution is 2.35. The van der Waals surface area contributed by atoms with Gasteiger partial charge in [-0.25, -0.2) is 4.98 Å². The van der Waals surface area contributed by atoms with Gasteiger partial charge in [0.15, 0.2) is 0 Å². The van der Waals surface area contributed by atoms with E-state index in [1.807, 2.05) is 9.80 Å². The molecule has 28 heavy (non-hydrogen) atoms. The quantitative estimate of drug-likeness (QED) is 0.753. The van der Waals surface area contributed by atoms with E-state index in [0.29, 0.717) is 37.8 Å². The van der Waals surface area contributed by atoms with Gasteiger partial charge < -0.3 is 14.7 Å². The van der Waals surface area contributed by atoms with Crippen LogP contribution in [0.1, 0.15) is 31.2 Å². The third-order valence-corrected chi connectivity index (χ3v) is 6.08. The van der Waals surface area contributed by atoms with Gasteiger partial charge in [-0.15, -0.1) is 0 Å². The molecular formula is C19H26ClF3N4O. The minimum Gasteiger partial charge on any atom is -0.355 e. The Bertz CT molecular complexity index is 697. The van der Waals surface area contributed by atoms with Crippen LogP contribution in [0.2, 0.25) is 5.02 Å². The fourth-order valence-corrected chi connectivity index (χ4v) is 4.30. The third-order valence-electron chi connectivity index (χ3n) is 5.80. The highest BCUT2D eigenvalue weighted by molar-refractivity contribution is 6.33. The number of carbonyl (C=O) groups is 1. The Kier molecular flexibility index (Phi) is 6.39. The minimum atomic E-state index is -4.46. The second-order valence-corrected chi connectivity index (χ2v) is 8.22. The molecule has 2 aliphatic heterocycles. The molecule has 0 unspecified atom stereocenters. The first kappa shape index (κ1) is 21.2. The number of piperidine rings is 2. The van der Waals surface area contributed by atoms with Crippen molar-refractivity contribution in [3.63, 3.8) is 0 Å². The van der Waals surface area contributed by atoms with Gasteiger partial charge in [0.25, 0.3) is 0 Å². The zero-order valence-corrected chi connectivity index (χ0v) is 16.9. The van der Waals surface area contributed by atoms with Gasteiger partial charge in [-0.05, 0) is 45.8 Å². The van der Waals surface area contributed by atoms with E-state index in [2.05, 4.69) is 24.0 Å². The van der Waals surface area contributed by atoms with Crippen LogP contribution in [-0.4, -0.2) is 67.0 Å². The van der Waals surface area contributed by atoms with Crippen molar-refractivity contribution in [3.05, 3.63) is 22.8 Å². The molecule has 156 valence electrons. The predicted octanol–water partition coefficient (Wildman–Crippen LogP) is 3.52. The van der Waals surface area contributed by atoms with Crippen molar-refractivity contribution >= 4 is 23.3 Å². The maximum absolute atomic E-state index is 12.8. The van der Waals surface area contributed by atoms with Crippen LogP contribution in [0.3, 0.4) is 0 Å². The van der Waals surface area contributed by atoms with Crippen molar-refractivity contribution in [2.75, 3.05) is 45.2 Å². The second-order valence-electron chi connectivity index (χ2n) is 7.81. The molecule has 0 N–H and O–H groups in total. The number of hydrogen-bond acceptors (Lipinski definition) is 4. The lowest BCUT2D eigenvalue weighted by Crippen LogP contribution is -2.48. The first-order valence-electron chi connectivity index (χ1n) is 9.59. The van der Waals surface area contributed by atoms with E-state index in [9.17, 15) is 18.0 Å². The lowest BCUT2D eigenvalue weighted by molar-refractivity contribution is -0.138. The molecule has 0 saturated carbocycles. The van der Waals surface area contributed by atoms with Crippen molar-refractivity contribution < 1.29 is 18.0 Å². The smallest absolute Gasteiger partial charge is 0.355 e. The molecule has 0 aliphatic carbocycles. The van der Waals surface area contributed by atoms with Gasteiger partial charge in [0.05, 0.1) is 10.6 Å². The number of carbonyl (C=O) groups excluding carboxylic acids is 1. The van der Waals surface area contributed by atoms with Gasteiger partial charge in [-0.3, -0.25) is 4.79 Å².